The standard InChI is InChI=1S/C25H37N5O5/c1-19(2)16-22(29-24(32)30-12-14-34-15-13-30)23(31)28-21(17-26)10-6-7-11-27-25(33)35-18-20-8-4-3-5-9-20/h3-5,8-9,19,21-22H,6-7,10-16,18H2,1-2H3,(H,27,33)(H,28,31)(H,29,32)/t21-,22-/m0/s1. The number of hydrogen-bond acceptors (Lipinski definition) is 6. The van der Waals surface area contributed by atoms with Crippen LogP contribution in [0.1, 0.15) is 45.1 Å². The quantitative estimate of drug-likeness (QED) is 0.388. The third kappa shape index (κ3) is 11.1. The number of hydrogen-bond donors (Lipinski definition) is 3. The van der Waals surface area contributed by atoms with Crippen molar-refractivity contribution >= 4 is 18.0 Å². The predicted molar refractivity (Wildman–Crippen MR) is 130 cm³/mol. The van der Waals surface area contributed by atoms with Gasteiger partial charge in [-0.05, 0) is 37.2 Å². The van der Waals surface area contributed by atoms with E-state index in [1.807, 2.05) is 44.2 Å². The summed E-state index contributed by atoms with van der Waals surface area (Å²) in [5.74, 6) is -0.182. The van der Waals surface area contributed by atoms with E-state index in [-0.39, 0.29) is 24.5 Å². The molecular formula is C25H37N5O5. The molecule has 1 saturated heterocycles. The molecule has 3 N–H and O–H groups in total. The number of benzene rings is 1. The van der Waals surface area contributed by atoms with E-state index in [0.29, 0.717) is 58.5 Å². The largest absolute Gasteiger partial charge is 0.445 e. The number of nitrogens with one attached hydrogen (secondary N) is 3. The van der Waals surface area contributed by atoms with Gasteiger partial charge in [0.25, 0.3) is 0 Å². The van der Waals surface area contributed by atoms with Gasteiger partial charge in [-0.15, -0.1) is 0 Å². The second-order valence-corrected chi connectivity index (χ2v) is 8.91. The number of nitriles is 1. The summed E-state index contributed by atoms with van der Waals surface area (Å²) in [6.45, 7) is 6.48. The summed E-state index contributed by atoms with van der Waals surface area (Å²) in [5.41, 5.74) is 0.909. The van der Waals surface area contributed by atoms with Crippen molar-refractivity contribution in [1.82, 2.24) is 20.9 Å². The lowest BCUT2D eigenvalue weighted by molar-refractivity contribution is -0.123. The number of carbonyl (C=O) groups is 3. The highest BCUT2D eigenvalue weighted by Gasteiger charge is 2.27. The van der Waals surface area contributed by atoms with Crippen LogP contribution in [-0.2, 0) is 20.9 Å². The molecule has 1 aromatic rings. The molecule has 1 fully saturated rings. The number of amides is 4. The summed E-state index contributed by atoms with van der Waals surface area (Å²) in [6, 6.07) is 9.83. The lowest BCUT2D eigenvalue weighted by Crippen LogP contribution is -2.54. The van der Waals surface area contributed by atoms with E-state index in [2.05, 4.69) is 22.0 Å². The zero-order valence-electron chi connectivity index (χ0n) is 20.6. The number of unbranched alkanes of at least 4 members (excludes halogenated alkanes) is 1. The number of ether oxygens (including phenoxy) is 2. The van der Waals surface area contributed by atoms with Crippen molar-refractivity contribution in [3.63, 3.8) is 0 Å². The van der Waals surface area contributed by atoms with E-state index in [9.17, 15) is 19.6 Å². The first-order chi connectivity index (χ1) is 16.9. The predicted octanol–water partition coefficient (Wildman–Crippen LogP) is 2.55. The van der Waals surface area contributed by atoms with Crippen molar-refractivity contribution < 1.29 is 23.9 Å². The molecule has 1 aliphatic heterocycles. The van der Waals surface area contributed by atoms with E-state index in [1.54, 1.807) is 4.90 Å². The third-order valence-corrected chi connectivity index (χ3v) is 5.49. The fourth-order valence-electron chi connectivity index (χ4n) is 3.59. The Labute approximate surface area is 207 Å². The van der Waals surface area contributed by atoms with Gasteiger partial charge in [-0.3, -0.25) is 4.79 Å². The average Bonchev–Trinajstić information content (AvgIpc) is 2.86. The first-order valence-corrected chi connectivity index (χ1v) is 12.2. The molecule has 2 rings (SSSR count). The first kappa shape index (κ1) is 27.9. The van der Waals surface area contributed by atoms with Crippen LogP contribution in [0.4, 0.5) is 9.59 Å². The maximum absolute atomic E-state index is 12.8. The number of nitrogens with zero attached hydrogens (tertiary/aromatic N) is 2. The first-order valence-electron chi connectivity index (χ1n) is 12.2. The Morgan fingerprint density at radius 3 is 2.49 bits per heavy atom. The highest BCUT2D eigenvalue weighted by atomic mass is 16.5. The van der Waals surface area contributed by atoms with E-state index in [1.165, 1.54) is 0 Å². The molecule has 2 atom stereocenters. The minimum atomic E-state index is -0.720. The summed E-state index contributed by atoms with van der Waals surface area (Å²) < 4.78 is 10.4. The molecule has 0 aliphatic carbocycles. The summed E-state index contributed by atoms with van der Waals surface area (Å²) in [6.07, 6.45) is 1.68. The van der Waals surface area contributed by atoms with Gasteiger partial charge < -0.3 is 30.3 Å². The van der Waals surface area contributed by atoms with Crippen LogP contribution in [0, 0.1) is 17.2 Å². The zero-order valence-corrected chi connectivity index (χ0v) is 20.6. The molecule has 1 aliphatic rings. The van der Waals surface area contributed by atoms with Crippen LogP contribution in [0.3, 0.4) is 0 Å². The van der Waals surface area contributed by atoms with Crippen LogP contribution in [0.5, 0.6) is 0 Å². The second kappa shape index (κ2) is 15.6. The van der Waals surface area contributed by atoms with Crippen molar-refractivity contribution in [2.45, 2.75) is 58.2 Å². The Kier molecular flexibility index (Phi) is 12.4. The van der Waals surface area contributed by atoms with Crippen molar-refractivity contribution in [1.29, 1.82) is 5.26 Å². The van der Waals surface area contributed by atoms with Gasteiger partial charge in [0.2, 0.25) is 5.91 Å². The lowest BCUT2D eigenvalue weighted by Gasteiger charge is -2.29. The Balaban J connectivity index is 1.70. The molecule has 1 heterocycles. The van der Waals surface area contributed by atoms with Gasteiger partial charge in [-0.1, -0.05) is 44.2 Å². The summed E-state index contributed by atoms with van der Waals surface area (Å²) in [4.78, 5) is 38.8. The topological polar surface area (TPSA) is 133 Å². The molecule has 10 nitrogen and oxygen atoms in total. The fraction of sp³-hybridized carbons (Fsp3) is 0.600. The molecule has 10 heteroatoms. The van der Waals surface area contributed by atoms with Crippen LogP contribution >= 0.6 is 0 Å². The maximum atomic E-state index is 12.8. The highest BCUT2D eigenvalue weighted by molar-refractivity contribution is 5.87. The molecule has 1 aromatic carbocycles. The average molecular weight is 488 g/mol. The molecule has 0 spiro atoms. The highest BCUT2D eigenvalue weighted by Crippen LogP contribution is 2.09. The monoisotopic (exact) mass is 487 g/mol. The summed E-state index contributed by atoms with van der Waals surface area (Å²) in [5, 5.41) is 17.7. The summed E-state index contributed by atoms with van der Waals surface area (Å²) >= 11 is 0. The smallest absolute Gasteiger partial charge is 0.407 e. The van der Waals surface area contributed by atoms with Crippen LogP contribution in [0.2, 0.25) is 0 Å². The van der Waals surface area contributed by atoms with Crippen LogP contribution < -0.4 is 16.0 Å². The Hall–Kier alpha value is -3.32. The molecule has 35 heavy (non-hydrogen) atoms. The molecule has 0 aromatic heterocycles. The molecule has 0 unspecified atom stereocenters. The lowest BCUT2D eigenvalue weighted by atomic mass is 10.0. The number of alkyl carbamates (subject to hydrolysis) is 1. The Bertz CT molecular complexity index is 836. The van der Waals surface area contributed by atoms with Crippen LogP contribution in [0.25, 0.3) is 0 Å². The van der Waals surface area contributed by atoms with Crippen molar-refractivity contribution in [2.75, 3.05) is 32.8 Å². The van der Waals surface area contributed by atoms with E-state index < -0.39 is 18.2 Å². The second-order valence-electron chi connectivity index (χ2n) is 8.91. The molecule has 4 amide bonds. The number of urea groups is 1. The van der Waals surface area contributed by atoms with Gasteiger partial charge in [-0.2, -0.15) is 5.26 Å². The molecule has 192 valence electrons. The van der Waals surface area contributed by atoms with Gasteiger partial charge in [0.05, 0.1) is 19.3 Å². The normalized spacial score (nSPS) is 15.0. The zero-order chi connectivity index (χ0) is 25.5. The van der Waals surface area contributed by atoms with Crippen molar-refractivity contribution in [2.24, 2.45) is 5.92 Å². The van der Waals surface area contributed by atoms with Gasteiger partial charge >= 0.3 is 12.1 Å². The van der Waals surface area contributed by atoms with Crippen molar-refractivity contribution in [3.05, 3.63) is 35.9 Å². The van der Waals surface area contributed by atoms with E-state index in [4.69, 9.17) is 9.47 Å². The van der Waals surface area contributed by atoms with E-state index in [0.717, 1.165) is 5.56 Å². The van der Waals surface area contributed by atoms with Gasteiger partial charge in [0, 0.05) is 19.6 Å². The Morgan fingerprint density at radius 1 is 1.11 bits per heavy atom. The Morgan fingerprint density at radius 2 is 1.83 bits per heavy atom. The fourth-order valence-corrected chi connectivity index (χ4v) is 3.59. The van der Waals surface area contributed by atoms with Crippen LogP contribution in [0.15, 0.2) is 30.3 Å². The number of morpholine rings is 1. The minimum absolute atomic E-state index is 0.184. The van der Waals surface area contributed by atoms with Crippen LogP contribution in [-0.4, -0.2) is 67.9 Å². The molecule has 0 radical (unpaired) electrons. The molecular weight excluding hydrogens is 450 g/mol. The van der Waals surface area contributed by atoms with Gasteiger partial charge in [0.15, 0.2) is 0 Å². The molecule has 0 bridgehead atoms. The SMILES string of the molecule is CC(C)C[C@H](NC(=O)N1CCOCC1)C(=O)N[C@H](C#N)CCCCNC(=O)OCc1ccccc1. The maximum Gasteiger partial charge on any atom is 0.407 e. The van der Waals surface area contributed by atoms with Gasteiger partial charge in [-0.25, -0.2) is 9.59 Å². The molecule has 0 saturated carbocycles. The number of rotatable bonds is 12. The van der Waals surface area contributed by atoms with E-state index >= 15 is 0 Å². The van der Waals surface area contributed by atoms with Gasteiger partial charge in [0.1, 0.15) is 18.7 Å². The number of carbonyl (C=O) groups excluding carboxylic acids is 3. The summed E-state index contributed by atoms with van der Waals surface area (Å²) in [7, 11) is 0. The minimum Gasteiger partial charge on any atom is -0.445 e. The third-order valence-electron chi connectivity index (χ3n) is 5.49. The van der Waals surface area contributed by atoms with Crippen molar-refractivity contribution in [3.8, 4) is 6.07 Å².